The van der Waals surface area contributed by atoms with E-state index in [1.54, 1.807) is 6.08 Å². The van der Waals surface area contributed by atoms with Gasteiger partial charge in [0.2, 0.25) is 5.91 Å². The molecule has 0 aromatic heterocycles. The summed E-state index contributed by atoms with van der Waals surface area (Å²) in [5, 5.41) is 57.1. The predicted molar refractivity (Wildman–Crippen MR) is 329 cm³/mol. The molecule has 1 heterocycles. The predicted octanol–water partition coefficient (Wildman–Crippen LogP) is 16.2. The van der Waals surface area contributed by atoms with E-state index in [1.807, 2.05) is 6.08 Å². The quantitative estimate of drug-likeness (QED) is 0.0195. The van der Waals surface area contributed by atoms with Crippen LogP contribution in [0.25, 0.3) is 0 Å². The second-order valence-corrected chi connectivity index (χ2v) is 22.8. The Morgan fingerprint density at radius 1 is 0.494 bits per heavy atom. The standard InChI is InChI=1S/C68H123NO10/c1-4-7-10-13-16-19-22-25-27-29-30-31-33-34-37-40-43-46-49-52-55-61(72)67(76)69-59(60(71)54-51-48-45-42-39-36-24-21-18-15-12-9-6-3)58-77-68-66(65(75)64(74)62(57-70)78-68)79-63(73)56-53-50-47-44-41-38-35-32-28-26-23-20-17-14-11-8-5-2/h16-17,19-20,25-28,51,54,59-62,64-66,68,70-72,74-75H,4-15,18,21-24,29-50,52-53,55-58H2,1-3H3,(H,69,76)/b19-16-,20-17-,27-25-,28-26-,54-51+. The number of carbonyl (C=O) groups excluding carboxylic acids is 2. The first-order valence-corrected chi connectivity index (χ1v) is 33.1. The molecule has 11 nitrogen and oxygen atoms in total. The summed E-state index contributed by atoms with van der Waals surface area (Å²) >= 11 is 0. The Kier molecular flexibility index (Phi) is 52.6. The van der Waals surface area contributed by atoms with Crippen LogP contribution in [0.1, 0.15) is 297 Å². The average molecular weight is 1110 g/mol. The maximum atomic E-state index is 13.5. The van der Waals surface area contributed by atoms with Gasteiger partial charge >= 0.3 is 5.97 Å². The van der Waals surface area contributed by atoms with Crippen molar-refractivity contribution in [3.05, 3.63) is 60.8 Å². The minimum atomic E-state index is -1.62. The third kappa shape index (κ3) is 43.7. The van der Waals surface area contributed by atoms with Gasteiger partial charge in [0.05, 0.1) is 25.4 Å². The van der Waals surface area contributed by atoms with Crippen LogP contribution in [0.4, 0.5) is 0 Å². The van der Waals surface area contributed by atoms with E-state index in [4.69, 9.17) is 14.2 Å². The summed E-state index contributed by atoms with van der Waals surface area (Å²) in [6.45, 7) is 5.76. The number of carbonyl (C=O) groups is 2. The van der Waals surface area contributed by atoms with E-state index in [0.717, 1.165) is 89.9 Å². The van der Waals surface area contributed by atoms with Gasteiger partial charge in [0, 0.05) is 6.42 Å². The fraction of sp³-hybridized carbons (Fsp3) is 0.824. The number of hydrogen-bond donors (Lipinski definition) is 6. The summed E-state index contributed by atoms with van der Waals surface area (Å²) in [5.74, 6) is -1.20. The van der Waals surface area contributed by atoms with E-state index < -0.39 is 67.4 Å². The Labute approximate surface area is 484 Å². The molecule has 6 N–H and O–H groups in total. The second kappa shape index (κ2) is 55.9. The molecular formula is C68H123NO10. The summed E-state index contributed by atoms with van der Waals surface area (Å²) in [6.07, 6.45) is 59.6. The molecule has 0 spiro atoms. The van der Waals surface area contributed by atoms with Crippen LogP contribution in [0, 0.1) is 0 Å². The number of amides is 1. The molecule has 460 valence electrons. The van der Waals surface area contributed by atoms with Gasteiger partial charge in [0.25, 0.3) is 0 Å². The molecule has 79 heavy (non-hydrogen) atoms. The number of aliphatic hydroxyl groups is 5. The molecule has 0 aromatic carbocycles. The molecule has 8 atom stereocenters. The maximum absolute atomic E-state index is 13.5. The molecule has 0 radical (unpaired) electrons. The average Bonchev–Trinajstić information content (AvgIpc) is 3.49. The zero-order chi connectivity index (χ0) is 57.5. The summed E-state index contributed by atoms with van der Waals surface area (Å²) in [5.41, 5.74) is 0. The first kappa shape index (κ1) is 74.4. The van der Waals surface area contributed by atoms with Crippen LogP contribution in [0.3, 0.4) is 0 Å². The zero-order valence-corrected chi connectivity index (χ0v) is 51.0. The number of esters is 1. The molecule has 1 aliphatic rings. The SMILES string of the molecule is CCCCC/C=C\C/C=C\CCCCCCCCCCCCC(O)C(=O)NC(COC1OC(CO)C(O)C(O)C1OC(=O)CCCCCCCCC/C=C\C/C=C\CCCCC)C(O)/C=C/CCCCCCCCCCCCC. The van der Waals surface area contributed by atoms with Gasteiger partial charge in [0.1, 0.15) is 24.4 Å². The monoisotopic (exact) mass is 1110 g/mol. The van der Waals surface area contributed by atoms with Gasteiger partial charge in [-0.25, -0.2) is 0 Å². The molecule has 0 aliphatic carbocycles. The third-order valence-corrected chi connectivity index (χ3v) is 15.4. The molecule has 11 heteroatoms. The van der Waals surface area contributed by atoms with Gasteiger partial charge in [-0.05, 0) is 89.9 Å². The molecule has 1 aliphatic heterocycles. The van der Waals surface area contributed by atoms with Crippen molar-refractivity contribution in [1.82, 2.24) is 5.32 Å². The summed E-state index contributed by atoms with van der Waals surface area (Å²) in [6, 6.07) is -1.03. The molecule has 1 saturated heterocycles. The lowest BCUT2D eigenvalue weighted by atomic mass is 9.99. The lowest BCUT2D eigenvalue weighted by Gasteiger charge is -2.41. The smallest absolute Gasteiger partial charge is 0.306 e. The fourth-order valence-corrected chi connectivity index (χ4v) is 10.1. The Bertz CT molecular complexity index is 1510. The number of hydrogen-bond acceptors (Lipinski definition) is 10. The number of nitrogens with one attached hydrogen (secondary N) is 1. The highest BCUT2D eigenvalue weighted by Crippen LogP contribution is 2.26. The number of allylic oxidation sites excluding steroid dienone is 9. The van der Waals surface area contributed by atoms with Crippen LogP contribution in [0.5, 0.6) is 0 Å². The van der Waals surface area contributed by atoms with Crippen molar-refractivity contribution in [3.8, 4) is 0 Å². The Hall–Kier alpha value is -2.64. The lowest BCUT2D eigenvalue weighted by molar-refractivity contribution is -0.305. The zero-order valence-electron chi connectivity index (χ0n) is 51.0. The number of aliphatic hydroxyl groups excluding tert-OH is 5. The highest BCUT2D eigenvalue weighted by molar-refractivity contribution is 5.80. The Morgan fingerprint density at radius 2 is 0.873 bits per heavy atom. The van der Waals surface area contributed by atoms with Crippen molar-refractivity contribution in [2.75, 3.05) is 13.2 Å². The molecule has 0 bridgehead atoms. The van der Waals surface area contributed by atoms with E-state index in [0.29, 0.717) is 12.8 Å². The molecule has 0 saturated carbocycles. The van der Waals surface area contributed by atoms with Crippen LogP contribution >= 0.6 is 0 Å². The highest BCUT2D eigenvalue weighted by atomic mass is 16.7. The van der Waals surface area contributed by atoms with Crippen LogP contribution in [-0.4, -0.2) is 99.6 Å². The first-order chi connectivity index (χ1) is 38.7. The second-order valence-electron chi connectivity index (χ2n) is 22.8. The molecule has 8 unspecified atom stereocenters. The maximum Gasteiger partial charge on any atom is 0.306 e. The first-order valence-electron chi connectivity index (χ1n) is 33.1. The van der Waals surface area contributed by atoms with Crippen LogP contribution < -0.4 is 5.32 Å². The number of unbranched alkanes of at least 4 members (excludes halogenated alkanes) is 34. The van der Waals surface area contributed by atoms with Gasteiger partial charge < -0.3 is 45.1 Å². The molecule has 1 amide bonds. The fourth-order valence-electron chi connectivity index (χ4n) is 10.1. The minimum Gasteiger partial charge on any atom is -0.454 e. The van der Waals surface area contributed by atoms with Gasteiger partial charge in [-0.3, -0.25) is 9.59 Å². The van der Waals surface area contributed by atoms with Crippen molar-refractivity contribution in [1.29, 1.82) is 0 Å². The van der Waals surface area contributed by atoms with Gasteiger partial charge in [0.15, 0.2) is 12.4 Å². The molecule has 0 aromatic rings. The van der Waals surface area contributed by atoms with Gasteiger partial charge in [-0.1, -0.05) is 261 Å². The van der Waals surface area contributed by atoms with Crippen molar-refractivity contribution in [2.24, 2.45) is 0 Å². The van der Waals surface area contributed by atoms with Crippen molar-refractivity contribution in [2.45, 2.75) is 346 Å². The van der Waals surface area contributed by atoms with Gasteiger partial charge in [-0.2, -0.15) is 0 Å². The third-order valence-electron chi connectivity index (χ3n) is 15.4. The van der Waals surface area contributed by atoms with Crippen LogP contribution in [0.15, 0.2) is 60.8 Å². The Balaban J connectivity index is 2.66. The van der Waals surface area contributed by atoms with E-state index in [1.165, 1.54) is 161 Å². The number of rotatable bonds is 56. The molecule has 1 rings (SSSR count). The van der Waals surface area contributed by atoms with E-state index in [-0.39, 0.29) is 19.4 Å². The Morgan fingerprint density at radius 3 is 1.32 bits per heavy atom. The summed E-state index contributed by atoms with van der Waals surface area (Å²) in [4.78, 5) is 26.6. The topological polar surface area (TPSA) is 175 Å². The van der Waals surface area contributed by atoms with Crippen LogP contribution in [-0.2, 0) is 23.8 Å². The van der Waals surface area contributed by atoms with E-state index in [9.17, 15) is 35.1 Å². The summed E-state index contributed by atoms with van der Waals surface area (Å²) in [7, 11) is 0. The lowest BCUT2D eigenvalue weighted by Crippen LogP contribution is -2.61. The minimum absolute atomic E-state index is 0.114. The van der Waals surface area contributed by atoms with E-state index in [2.05, 4.69) is 74.7 Å². The van der Waals surface area contributed by atoms with E-state index >= 15 is 0 Å². The van der Waals surface area contributed by atoms with Crippen molar-refractivity contribution in [3.63, 3.8) is 0 Å². The van der Waals surface area contributed by atoms with Crippen molar-refractivity contribution < 1.29 is 49.3 Å². The highest BCUT2D eigenvalue weighted by Gasteiger charge is 2.47. The van der Waals surface area contributed by atoms with Crippen molar-refractivity contribution >= 4 is 11.9 Å². The number of ether oxygens (including phenoxy) is 3. The van der Waals surface area contributed by atoms with Gasteiger partial charge in [-0.15, -0.1) is 0 Å². The normalized spacial score (nSPS) is 19.2. The molecule has 1 fully saturated rings. The largest absolute Gasteiger partial charge is 0.454 e. The molecular weight excluding hydrogens is 991 g/mol. The summed E-state index contributed by atoms with van der Waals surface area (Å²) < 4.78 is 17.7. The van der Waals surface area contributed by atoms with Crippen LogP contribution in [0.2, 0.25) is 0 Å².